The topological polar surface area (TPSA) is 41.6 Å². The minimum Gasteiger partial charge on any atom is -0.376 e. The molecule has 4 heteroatoms. The predicted molar refractivity (Wildman–Crippen MR) is 77.4 cm³/mol. The molecule has 20 heavy (non-hydrogen) atoms. The second-order valence-electron chi connectivity index (χ2n) is 5.79. The summed E-state index contributed by atoms with van der Waals surface area (Å²) in [4.78, 5) is 14.5. The number of carbonyl (C=O) groups excluding carboxylic acids is 1. The Morgan fingerprint density at radius 1 is 1.35 bits per heavy atom. The second kappa shape index (κ2) is 5.54. The van der Waals surface area contributed by atoms with Gasteiger partial charge in [0.15, 0.2) is 0 Å². The van der Waals surface area contributed by atoms with E-state index in [4.69, 9.17) is 4.74 Å². The summed E-state index contributed by atoms with van der Waals surface area (Å²) in [6, 6.07) is 8.44. The van der Waals surface area contributed by atoms with Crippen LogP contribution < -0.4 is 5.32 Å². The third-order valence-corrected chi connectivity index (χ3v) is 4.56. The Kier molecular flexibility index (Phi) is 3.76. The molecule has 0 aromatic heterocycles. The molecule has 1 fully saturated rings. The Morgan fingerprint density at radius 3 is 2.80 bits per heavy atom. The van der Waals surface area contributed by atoms with Gasteiger partial charge < -0.3 is 15.0 Å². The van der Waals surface area contributed by atoms with Gasteiger partial charge in [-0.1, -0.05) is 24.3 Å². The molecule has 2 unspecified atom stereocenters. The Morgan fingerprint density at radius 2 is 2.10 bits per heavy atom. The van der Waals surface area contributed by atoms with E-state index in [2.05, 4.69) is 17.4 Å². The van der Waals surface area contributed by atoms with Crippen LogP contribution in [-0.2, 0) is 22.5 Å². The van der Waals surface area contributed by atoms with Crippen molar-refractivity contribution in [2.24, 2.45) is 0 Å². The quantitative estimate of drug-likeness (QED) is 0.885. The molecule has 1 saturated heterocycles. The summed E-state index contributed by atoms with van der Waals surface area (Å²) in [6.45, 7) is 3.58. The zero-order valence-corrected chi connectivity index (χ0v) is 12.1. The fourth-order valence-electron chi connectivity index (χ4n) is 3.27. The molecular weight excluding hydrogens is 252 g/mol. The van der Waals surface area contributed by atoms with Gasteiger partial charge in [-0.15, -0.1) is 0 Å². The number of rotatable bonds is 2. The zero-order valence-electron chi connectivity index (χ0n) is 12.1. The van der Waals surface area contributed by atoms with Crippen LogP contribution in [0.15, 0.2) is 24.3 Å². The molecule has 0 spiro atoms. The van der Waals surface area contributed by atoms with Gasteiger partial charge in [-0.25, -0.2) is 0 Å². The van der Waals surface area contributed by atoms with Crippen molar-refractivity contribution >= 4 is 5.91 Å². The molecule has 2 aliphatic rings. The molecular formula is C16H22N2O2. The van der Waals surface area contributed by atoms with Crippen LogP contribution in [0.25, 0.3) is 0 Å². The molecule has 2 heterocycles. The van der Waals surface area contributed by atoms with E-state index < -0.39 is 0 Å². The normalized spacial score (nSPS) is 29.0. The average molecular weight is 274 g/mol. The molecule has 3 rings (SSSR count). The number of ether oxygens (including phenoxy) is 1. The van der Waals surface area contributed by atoms with Crippen molar-refractivity contribution in [3.05, 3.63) is 35.4 Å². The lowest BCUT2D eigenvalue weighted by atomic mass is 9.95. The van der Waals surface area contributed by atoms with E-state index >= 15 is 0 Å². The number of likely N-dealkylation sites (N-methyl/N-ethyl adjacent to an activating group) is 1. The van der Waals surface area contributed by atoms with Gasteiger partial charge in [0.2, 0.25) is 5.91 Å². The molecule has 108 valence electrons. The van der Waals surface area contributed by atoms with Crippen LogP contribution in [0.3, 0.4) is 0 Å². The lowest BCUT2D eigenvalue weighted by Gasteiger charge is -2.33. The van der Waals surface area contributed by atoms with E-state index in [9.17, 15) is 4.79 Å². The van der Waals surface area contributed by atoms with E-state index in [1.807, 2.05) is 31.0 Å². The number of amides is 1. The van der Waals surface area contributed by atoms with Crippen molar-refractivity contribution in [2.45, 2.75) is 44.5 Å². The number of carbonyl (C=O) groups is 1. The third-order valence-electron chi connectivity index (χ3n) is 4.56. The summed E-state index contributed by atoms with van der Waals surface area (Å²) in [5, 5.41) is 3.36. The second-order valence-corrected chi connectivity index (χ2v) is 5.79. The average Bonchev–Trinajstić information content (AvgIpc) is 2.91. The molecule has 1 aromatic rings. The number of hydrogen-bond acceptors (Lipinski definition) is 3. The number of nitrogens with zero attached hydrogens (tertiary/aromatic N) is 1. The van der Waals surface area contributed by atoms with Crippen molar-refractivity contribution < 1.29 is 9.53 Å². The van der Waals surface area contributed by atoms with Crippen molar-refractivity contribution in [1.82, 2.24) is 10.2 Å². The van der Waals surface area contributed by atoms with E-state index in [0.717, 1.165) is 26.0 Å². The van der Waals surface area contributed by atoms with Crippen LogP contribution in [0.2, 0.25) is 0 Å². The SMILES string of the molecule is CC1OCCC1N(C)C(=O)[C@H]1Cc2ccccc2CN1. The fourth-order valence-corrected chi connectivity index (χ4v) is 3.27. The Hall–Kier alpha value is -1.39. The van der Waals surface area contributed by atoms with Gasteiger partial charge >= 0.3 is 0 Å². The number of nitrogens with one attached hydrogen (secondary N) is 1. The first-order valence-corrected chi connectivity index (χ1v) is 7.35. The highest BCUT2D eigenvalue weighted by molar-refractivity contribution is 5.82. The zero-order chi connectivity index (χ0) is 14.1. The maximum Gasteiger partial charge on any atom is 0.240 e. The molecule has 1 aromatic carbocycles. The molecule has 0 bridgehead atoms. The van der Waals surface area contributed by atoms with Gasteiger partial charge in [0.1, 0.15) is 0 Å². The minimum atomic E-state index is -0.109. The van der Waals surface area contributed by atoms with Crippen LogP contribution in [0, 0.1) is 0 Å². The third kappa shape index (κ3) is 2.45. The lowest BCUT2D eigenvalue weighted by molar-refractivity contribution is -0.135. The van der Waals surface area contributed by atoms with Gasteiger partial charge in [0.25, 0.3) is 0 Å². The van der Waals surface area contributed by atoms with Crippen LogP contribution in [0.5, 0.6) is 0 Å². The van der Waals surface area contributed by atoms with E-state index in [1.54, 1.807) is 0 Å². The van der Waals surface area contributed by atoms with Gasteiger partial charge in [-0.2, -0.15) is 0 Å². The largest absolute Gasteiger partial charge is 0.376 e. The van der Waals surface area contributed by atoms with E-state index in [-0.39, 0.29) is 24.1 Å². The summed E-state index contributed by atoms with van der Waals surface area (Å²) < 4.78 is 5.57. The molecule has 1 N–H and O–H groups in total. The summed E-state index contributed by atoms with van der Waals surface area (Å²) in [5.41, 5.74) is 2.59. The molecule has 0 aliphatic carbocycles. The van der Waals surface area contributed by atoms with Crippen molar-refractivity contribution in [1.29, 1.82) is 0 Å². The van der Waals surface area contributed by atoms with Crippen molar-refractivity contribution in [3.63, 3.8) is 0 Å². The van der Waals surface area contributed by atoms with Gasteiger partial charge in [0, 0.05) is 20.2 Å². The van der Waals surface area contributed by atoms with Crippen molar-refractivity contribution in [2.75, 3.05) is 13.7 Å². The molecule has 3 atom stereocenters. The number of fused-ring (bicyclic) bond motifs is 1. The van der Waals surface area contributed by atoms with Crippen LogP contribution in [-0.4, -0.2) is 42.6 Å². The Bertz CT molecular complexity index is 503. The minimum absolute atomic E-state index is 0.109. The first-order valence-electron chi connectivity index (χ1n) is 7.35. The smallest absolute Gasteiger partial charge is 0.240 e. The first-order chi connectivity index (χ1) is 9.66. The first kappa shape index (κ1) is 13.6. The highest BCUT2D eigenvalue weighted by Gasteiger charge is 2.34. The van der Waals surface area contributed by atoms with E-state index in [1.165, 1.54) is 11.1 Å². The summed E-state index contributed by atoms with van der Waals surface area (Å²) in [6.07, 6.45) is 1.86. The Balaban J connectivity index is 1.69. The van der Waals surface area contributed by atoms with Gasteiger partial charge in [-0.3, -0.25) is 4.79 Å². The molecule has 0 saturated carbocycles. The molecule has 4 nitrogen and oxygen atoms in total. The molecule has 1 amide bonds. The summed E-state index contributed by atoms with van der Waals surface area (Å²) in [5.74, 6) is 0.182. The summed E-state index contributed by atoms with van der Waals surface area (Å²) >= 11 is 0. The maximum atomic E-state index is 12.6. The molecule has 0 radical (unpaired) electrons. The summed E-state index contributed by atoms with van der Waals surface area (Å²) in [7, 11) is 1.90. The van der Waals surface area contributed by atoms with Crippen LogP contribution >= 0.6 is 0 Å². The Labute approximate surface area is 120 Å². The molecule has 2 aliphatic heterocycles. The maximum absolute atomic E-state index is 12.6. The van der Waals surface area contributed by atoms with Gasteiger partial charge in [-0.05, 0) is 30.9 Å². The van der Waals surface area contributed by atoms with Crippen molar-refractivity contribution in [3.8, 4) is 0 Å². The standard InChI is InChI=1S/C16H22N2O2/c1-11-15(7-8-20-11)18(2)16(19)14-9-12-5-3-4-6-13(12)10-17-14/h3-6,11,14-15,17H,7-10H2,1-2H3/t11?,14-,15?/m1/s1. The van der Waals surface area contributed by atoms with Crippen LogP contribution in [0.1, 0.15) is 24.5 Å². The fraction of sp³-hybridized carbons (Fsp3) is 0.562. The lowest BCUT2D eigenvalue weighted by Crippen LogP contribution is -2.52. The van der Waals surface area contributed by atoms with Crippen LogP contribution in [0.4, 0.5) is 0 Å². The van der Waals surface area contributed by atoms with Gasteiger partial charge in [0.05, 0.1) is 18.2 Å². The monoisotopic (exact) mass is 274 g/mol. The van der Waals surface area contributed by atoms with E-state index in [0.29, 0.717) is 0 Å². The highest BCUT2D eigenvalue weighted by Crippen LogP contribution is 2.21. The number of hydrogen-bond donors (Lipinski definition) is 1. The predicted octanol–water partition coefficient (Wildman–Crippen LogP) is 1.34. The highest BCUT2D eigenvalue weighted by atomic mass is 16.5. The number of benzene rings is 1.